The second-order valence-electron chi connectivity index (χ2n) is 7.53. The Labute approximate surface area is 164 Å². The second kappa shape index (κ2) is 8.54. The number of hydrogen-bond donors (Lipinski definition) is 1. The van der Waals surface area contributed by atoms with Crippen molar-refractivity contribution in [2.45, 2.75) is 38.1 Å². The molecule has 1 aliphatic heterocycles. The molecule has 0 radical (unpaired) electrons. The van der Waals surface area contributed by atoms with E-state index < -0.39 is 0 Å². The highest BCUT2D eigenvalue weighted by Gasteiger charge is 2.24. The summed E-state index contributed by atoms with van der Waals surface area (Å²) in [5.41, 5.74) is 1.62. The molecule has 148 valence electrons. The minimum Gasteiger partial charge on any atom is -0.353 e. The van der Waals surface area contributed by atoms with E-state index in [-0.39, 0.29) is 11.8 Å². The molecule has 7 heteroatoms. The number of amides is 2. The third kappa shape index (κ3) is 4.40. The first-order chi connectivity index (χ1) is 13.7. The van der Waals surface area contributed by atoms with E-state index in [0.717, 1.165) is 43.0 Å². The number of halogens is 1. The zero-order chi connectivity index (χ0) is 19.3. The minimum absolute atomic E-state index is 0.0567. The van der Waals surface area contributed by atoms with E-state index >= 15 is 0 Å². The van der Waals surface area contributed by atoms with Gasteiger partial charge in [0, 0.05) is 43.9 Å². The van der Waals surface area contributed by atoms with E-state index in [1.54, 1.807) is 12.1 Å². The molecule has 6 nitrogen and oxygen atoms in total. The average Bonchev–Trinajstić information content (AvgIpc) is 2.75. The van der Waals surface area contributed by atoms with Crippen LogP contribution in [-0.4, -0.2) is 53.1 Å². The summed E-state index contributed by atoms with van der Waals surface area (Å²) >= 11 is 0. The highest BCUT2D eigenvalue weighted by atomic mass is 19.1. The van der Waals surface area contributed by atoms with Crippen LogP contribution in [0.1, 0.15) is 32.1 Å². The van der Waals surface area contributed by atoms with Gasteiger partial charge in [-0.15, -0.1) is 0 Å². The number of piperazine rings is 1. The molecule has 2 amide bonds. The van der Waals surface area contributed by atoms with Crippen LogP contribution >= 0.6 is 0 Å². The van der Waals surface area contributed by atoms with Gasteiger partial charge in [0.2, 0.25) is 0 Å². The lowest BCUT2D eigenvalue weighted by atomic mass is 9.96. The third-order valence-electron chi connectivity index (χ3n) is 5.62. The first-order valence-corrected chi connectivity index (χ1v) is 10.1. The van der Waals surface area contributed by atoms with Gasteiger partial charge in [-0.1, -0.05) is 19.3 Å². The number of nitrogens with one attached hydrogen (secondary N) is 1. The molecule has 4 rings (SSSR count). The SMILES string of the molecule is O=C(NC1CCCCC1)N1CCN(c2cc(-c3ccc(F)cc3)ncn2)CC1. The Bertz CT molecular complexity index is 799. The monoisotopic (exact) mass is 383 g/mol. The van der Waals surface area contributed by atoms with Crippen LogP contribution in [0.25, 0.3) is 11.3 Å². The highest BCUT2D eigenvalue weighted by Crippen LogP contribution is 2.22. The lowest BCUT2D eigenvalue weighted by Gasteiger charge is -2.36. The molecule has 1 aromatic heterocycles. The first kappa shape index (κ1) is 18.7. The lowest BCUT2D eigenvalue weighted by molar-refractivity contribution is 0.186. The van der Waals surface area contributed by atoms with Gasteiger partial charge < -0.3 is 15.1 Å². The summed E-state index contributed by atoms with van der Waals surface area (Å²) in [5, 5.41) is 3.19. The molecule has 2 aliphatic rings. The van der Waals surface area contributed by atoms with Crippen molar-refractivity contribution < 1.29 is 9.18 Å². The predicted octanol–water partition coefficient (Wildman–Crippen LogP) is 3.45. The van der Waals surface area contributed by atoms with Crippen molar-refractivity contribution in [1.82, 2.24) is 20.2 Å². The molecule has 1 aliphatic carbocycles. The molecule has 1 N–H and O–H groups in total. The quantitative estimate of drug-likeness (QED) is 0.882. The molecule has 1 saturated heterocycles. The molecule has 2 fully saturated rings. The molecule has 2 heterocycles. The zero-order valence-electron chi connectivity index (χ0n) is 16.0. The van der Waals surface area contributed by atoms with Gasteiger partial charge in [0.05, 0.1) is 5.69 Å². The summed E-state index contributed by atoms with van der Waals surface area (Å²) in [7, 11) is 0. The van der Waals surface area contributed by atoms with Gasteiger partial charge in [-0.25, -0.2) is 19.2 Å². The van der Waals surface area contributed by atoms with E-state index in [4.69, 9.17) is 0 Å². The van der Waals surface area contributed by atoms with Gasteiger partial charge >= 0.3 is 6.03 Å². The smallest absolute Gasteiger partial charge is 0.317 e. The maximum Gasteiger partial charge on any atom is 0.317 e. The van der Waals surface area contributed by atoms with Crippen LogP contribution in [0.5, 0.6) is 0 Å². The lowest BCUT2D eigenvalue weighted by Crippen LogP contribution is -2.53. The Balaban J connectivity index is 1.35. The molecular weight excluding hydrogens is 357 g/mol. The summed E-state index contributed by atoms with van der Waals surface area (Å²) < 4.78 is 13.1. The van der Waals surface area contributed by atoms with E-state index in [1.807, 2.05) is 11.0 Å². The summed E-state index contributed by atoms with van der Waals surface area (Å²) in [6.45, 7) is 2.82. The van der Waals surface area contributed by atoms with Crippen LogP contribution in [-0.2, 0) is 0 Å². The summed E-state index contributed by atoms with van der Waals surface area (Å²) in [4.78, 5) is 25.3. The fourth-order valence-electron chi connectivity index (χ4n) is 3.95. The Morgan fingerprint density at radius 3 is 2.43 bits per heavy atom. The van der Waals surface area contributed by atoms with E-state index in [0.29, 0.717) is 19.1 Å². The normalized spacial score (nSPS) is 18.2. The first-order valence-electron chi connectivity index (χ1n) is 10.1. The standard InChI is InChI=1S/C21H26FN5O/c22-17-8-6-16(7-9-17)19-14-20(24-15-23-19)26-10-12-27(13-11-26)21(28)25-18-4-2-1-3-5-18/h6-9,14-15,18H,1-5,10-13H2,(H,25,28). The zero-order valence-corrected chi connectivity index (χ0v) is 16.0. The van der Waals surface area contributed by atoms with Crippen LogP contribution in [0.4, 0.5) is 15.0 Å². The third-order valence-corrected chi connectivity index (χ3v) is 5.62. The van der Waals surface area contributed by atoms with Crippen LogP contribution < -0.4 is 10.2 Å². The average molecular weight is 383 g/mol. The van der Waals surface area contributed by atoms with Crippen molar-refractivity contribution in [2.24, 2.45) is 0 Å². The van der Waals surface area contributed by atoms with Crippen molar-refractivity contribution in [2.75, 3.05) is 31.1 Å². The van der Waals surface area contributed by atoms with Gasteiger partial charge in [0.15, 0.2) is 0 Å². The van der Waals surface area contributed by atoms with Crippen molar-refractivity contribution >= 4 is 11.8 Å². The largest absolute Gasteiger partial charge is 0.353 e. The molecule has 0 bridgehead atoms. The molecule has 0 atom stereocenters. The molecule has 2 aromatic rings. The van der Waals surface area contributed by atoms with Gasteiger partial charge in [0.1, 0.15) is 18.0 Å². The van der Waals surface area contributed by atoms with Crippen LogP contribution in [0.3, 0.4) is 0 Å². The minimum atomic E-state index is -0.263. The molecule has 28 heavy (non-hydrogen) atoms. The van der Waals surface area contributed by atoms with Gasteiger partial charge in [0.25, 0.3) is 0 Å². The summed E-state index contributed by atoms with van der Waals surface area (Å²) in [6.07, 6.45) is 7.43. The number of urea groups is 1. The van der Waals surface area contributed by atoms with Crippen LogP contribution in [0.15, 0.2) is 36.7 Å². The van der Waals surface area contributed by atoms with Gasteiger partial charge in [-0.3, -0.25) is 0 Å². The van der Waals surface area contributed by atoms with Crippen molar-refractivity contribution in [3.63, 3.8) is 0 Å². The van der Waals surface area contributed by atoms with Crippen molar-refractivity contribution in [3.05, 3.63) is 42.5 Å². The predicted molar refractivity (Wildman–Crippen MR) is 107 cm³/mol. The summed E-state index contributed by atoms with van der Waals surface area (Å²) in [5.74, 6) is 0.572. The van der Waals surface area contributed by atoms with E-state index in [1.165, 1.54) is 37.7 Å². The molecule has 0 spiro atoms. The molecule has 1 aromatic carbocycles. The molecular formula is C21H26FN5O. The maximum atomic E-state index is 13.1. The maximum absolute atomic E-state index is 13.1. The van der Waals surface area contributed by atoms with Gasteiger partial charge in [-0.05, 0) is 37.1 Å². The number of hydrogen-bond acceptors (Lipinski definition) is 4. The molecule has 1 saturated carbocycles. The highest BCUT2D eigenvalue weighted by molar-refractivity contribution is 5.75. The number of carbonyl (C=O) groups is 1. The van der Waals surface area contributed by atoms with Crippen molar-refractivity contribution in [3.8, 4) is 11.3 Å². The van der Waals surface area contributed by atoms with E-state index in [2.05, 4.69) is 20.2 Å². The number of rotatable bonds is 3. The number of nitrogens with zero attached hydrogens (tertiary/aromatic N) is 4. The van der Waals surface area contributed by atoms with Crippen LogP contribution in [0, 0.1) is 5.82 Å². The number of carbonyl (C=O) groups excluding carboxylic acids is 1. The Hall–Kier alpha value is -2.70. The van der Waals surface area contributed by atoms with Crippen molar-refractivity contribution in [1.29, 1.82) is 0 Å². The number of benzene rings is 1. The van der Waals surface area contributed by atoms with E-state index in [9.17, 15) is 9.18 Å². The summed E-state index contributed by atoms with van der Waals surface area (Å²) in [6, 6.07) is 8.61. The Morgan fingerprint density at radius 2 is 1.71 bits per heavy atom. The Morgan fingerprint density at radius 1 is 1.00 bits per heavy atom. The number of anilines is 1. The van der Waals surface area contributed by atoms with Gasteiger partial charge in [-0.2, -0.15) is 0 Å². The fourth-order valence-corrected chi connectivity index (χ4v) is 3.95. The second-order valence-corrected chi connectivity index (χ2v) is 7.53. The fraction of sp³-hybridized carbons (Fsp3) is 0.476. The number of aromatic nitrogens is 2. The topological polar surface area (TPSA) is 61.4 Å². The van der Waals surface area contributed by atoms with Crippen LogP contribution in [0.2, 0.25) is 0 Å². The molecule has 0 unspecified atom stereocenters. The Kier molecular flexibility index (Phi) is 5.69.